The molecule has 40 heavy (non-hydrogen) atoms. The van der Waals surface area contributed by atoms with E-state index in [4.69, 9.17) is 4.74 Å². The Balaban J connectivity index is 1.46. The molecule has 3 aliphatic rings. The number of nitrogens with zero attached hydrogens (tertiary/aromatic N) is 2. The van der Waals surface area contributed by atoms with Crippen molar-refractivity contribution in [3.63, 3.8) is 0 Å². The van der Waals surface area contributed by atoms with Gasteiger partial charge in [0.2, 0.25) is 0 Å². The van der Waals surface area contributed by atoms with Crippen molar-refractivity contribution < 1.29 is 9.53 Å². The van der Waals surface area contributed by atoms with Crippen LogP contribution in [0.15, 0.2) is 61.2 Å². The molecule has 5 rings (SSSR count). The Hall–Kier alpha value is -2.63. The van der Waals surface area contributed by atoms with Crippen LogP contribution in [0.2, 0.25) is 0 Å². The fourth-order valence-electron chi connectivity index (χ4n) is 7.68. The molecule has 3 fully saturated rings. The summed E-state index contributed by atoms with van der Waals surface area (Å²) in [7, 11) is 1.74. The topological polar surface area (TPSA) is 44.8 Å². The molecule has 0 spiro atoms. The van der Waals surface area contributed by atoms with Crippen LogP contribution in [-0.4, -0.2) is 59.6 Å². The van der Waals surface area contributed by atoms with Crippen LogP contribution in [0.4, 0.5) is 0 Å². The molecular formula is C35H49N3O2. The highest BCUT2D eigenvalue weighted by molar-refractivity contribution is 5.94. The first kappa shape index (κ1) is 28.9. The van der Waals surface area contributed by atoms with Crippen LogP contribution < -0.4 is 10.1 Å². The number of fused-ring (bicyclic) bond motifs is 1. The van der Waals surface area contributed by atoms with Crippen LogP contribution in [0.1, 0.15) is 106 Å². The van der Waals surface area contributed by atoms with Crippen molar-refractivity contribution in [2.75, 3.05) is 13.7 Å². The molecule has 2 saturated heterocycles. The van der Waals surface area contributed by atoms with Crippen molar-refractivity contribution in [3.8, 4) is 5.75 Å². The third-order valence-corrected chi connectivity index (χ3v) is 9.82. The average Bonchev–Trinajstić information content (AvgIpc) is 3.25. The van der Waals surface area contributed by atoms with Gasteiger partial charge in [0, 0.05) is 42.3 Å². The molecule has 5 heteroatoms. The molecule has 5 atom stereocenters. The predicted octanol–water partition coefficient (Wildman–Crippen LogP) is 7.13. The number of piperidine rings is 2. The lowest BCUT2D eigenvalue weighted by Gasteiger charge is -2.56. The zero-order valence-corrected chi connectivity index (χ0v) is 24.9. The standard InChI is InChI=1S/C35H49N3O2/c1-5-23-37-25(2)15-22-33-32(37)21-16-26(3)38(33)34(29-11-10-14-31(24-29)40-4)27-17-19-28(20-18-27)35(39)36-30-12-8-6-7-9-13-30/h5,10-11,14,17-20,24-26,30,32-34H,1,6-9,12-13,15-16,21-23H2,2-4H3,(H,36,39). The Morgan fingerprint density at radius 1 is 0.925 bits per heavy atom. The minimum Gasteiger partial charge on any atom is -0.497 e. The van der Waals surface area contributed by atoms with Gasteiger partial charge in [0.05, 0.1) is 13.2 Å². The summed E-state index contributed by atoms with van der Waals surface area (Å²) in [6, 6.07) is 19.4. The van der Waals surface area contributed by atoms with E-state index >= 15 is 0 Å². The zero-order valence-electron chi connectivity index (χ0n) is 24.9. The third kappa shape index (κ3) is 6.31. The fourth-order valence-corrected chi connectivity index (χ4v) is 7.68. The van der Waals surface area contributed by atoms with E-state index in [1.807, 2.05) is 18.2 Å². The molecule has 0 aromatic heterocycles. The average molecular weight is 544 g/mol. The Morgan fingerprint density at radius 2 is 1.62 bits per heavy atom. The van der Waals surface area contributed by atoms with Gasteiger partial charge in [-0.05, 0) is 87.8 Å². The lowest BCUT2D eigenvalue weighted by molar-refractivity contribution is -0.0499. The van der Waals surface area contributed by atoms with Gasteiger partial charge >= 0.3 is 0 Å². The van der Waals surface area contributed by atoms with E-state index < -0.39 is 0 Å². The molecule has 5 unspecified atom stereocenters. The summed E-state index contributed by atoms with van der Waals surface area (Å²) in [5.74, 6) is 0.942. The number of carbonyl (C=O) groups excluding carboxylic acids is 1. The highest BCUT2D eigenvalue weighted by Gasteiger charge is 2.45. The maximum absolute atomic E-state index is 13.2. The van der Waals surface area contributed by atoms with Crippen molar-refractivity contribution >= 4 is 5.91 Å². The van der Waals surface area contributed by atoms with Crippen LogP contribution in [0.5, 0.6) is 5.75 Å². The summed E-state index contributed by atoms with van der Waals surface area (Å²) in [6.45, 7) is 9.79. The normalized spacial score (nSPS) is 27.3. The SMILES string of the molecule is C=CCN1C(C)CCC2C1CCC(C)N2C(c1ccc(C(=O)NC2CCCCCC2)cc1)c1cccc(OC)c1. The van der Waals surface area contributed by atoms with E-state index in [1.165, 1.54) is 62.5 Å². The Bertz CT molecular complexity index is 1120. The number of benzene rings is 2. The van der Waals surface area contributed by atoms with Crippen LogP contribution in [0, 0.1) is 0 Å². The lowest BCUT2D eigenvalue weighted by Crippen LogP contribution is -2.63. The number of rotatable bonds is 8. The highest BCUT2D eigenvalue weighted by Crippen LogP contribution is 2.43. The summed E-state index contributed by atoms with van der Waals surface area (Å²) in [6.07, 6.45) is 14.1. The van der Waals surface area contributed by atoms with E-state index in [0.29, 0.717) is 30.2 Å². The molecule has 2 aliphatic heterocycles. The van der Waals surface area contributed by atoms with Gasteiger partial charge in [0.1, 0.15) is 5.75 Å². The van der Waals surface area contributed by atoms with Gasteiger partial charge in [-0.3, -0.25) is 14.6 Å². The number of hydrogen-bond acceptors (Lipinski definition) is 4. The molecule has 5 nitrogen and oxygen atoms in total. The van der Waals surface area contributed by atoms with Gasteiger partial charge in [0.25, 0.3) is 5.91 Å². The number of amides is 1. The summed E-state index contributed by atoms with van der Waals surface area (Å²) < 4.78 is 5.67. The summed E-state index contributed by atoms with van der Waals surface area (Å²) in [4.78, 5) is 18.6. The predicted molar refractivity (Wildman–Crippen MR) is 164 cm³/mol. The van der Waals surface area contributed by atoms with Gasteiger partial charge in [-0.2, -0.15) is 0 Å². The van der Waals surface area contributed by atoms with Crippen LogP contribution in [-0.2, 0) is 0 Å². The van der Waals surface area contributed by atoms with Crippen LogP contribution in [0.25, 0.3) is 0 Å². The number of ether oxygens (including phenoxy) is 1. The first-order chi connectivity index (χ1) is 19.5. The molecule has 2 aromatic carbocycles. The van der Waals surface area contributed by atoms with E-state index in [9.17, 15) is 4.79 Å². The maximum Gasteiger partial charge on any atom is 0.251 e. The Kier molecular flexibility index (Phi) is 9.64. The lowest BCUT2D eigenvalue weighted by atomic mass is 9.79. The molecule has 2 aromatic rings. The van der Waals surface area contributed by atoms with Gasteiger partial charge in [-0.25, -0.2) is 0 Å². The highest BCUT2D eigenvalue weighted by atomic mass is 16.5. The molecule has 1 amide bonds. The van der Waals surface area contributed by atoms with Crippen LogP contribution in [0.3, 0.4) is 0 Å². The van der Waals surface area contributed by atoms with Crippen LogP contribution >= 0.6 is 0 Å². The second kappa shape index (κ2) is 13.4. The van der Waals surface area contributed by atoms with Crippen molar-refractivity contribution in [1.29, 1.82) is 0 Å². The van der Waals surface area contributed by atoms with Gasteiger partial charge in [-0.15, -0.1) is 6.58 Å². The van der Waals surface area contributed by atoms with E-state index in [2.05, 4.69) is 72.0 Å². The Morgan fingerprint density at radius 3 is 2.33 bits per heavy atom. The Labute approximate surface area is 242 Å². The van der Waals surface area contributed by atoms with Crippen molar-refractivity contribution in [1.82, 2.24) is 15.1 Å². The number of hydrogen-bond donors (Lipinski definition) is 1. The van der Waals surface area contributed by atoms with Crippen molar-refractivity contribution in [2.24, 2.45) is 0 Å². The summed E-state index contributed by atoms with van der Waals surface area (Å²) in [5.41, 5.74) is 3.24. The molecule has 2 heterocycles. The van der Waals surface area contributed by atoms with E-state index in [1.54, 1.807) is 7.11 Å². The maximum atomic E-state index is 13.2. The van der Waals surface area contributed by atoms with Gasteiger partial charge in [-0.1, -0.05) is 56.0 Å². The van der Waals surface area contributed by atoms with Gasteiger partial charge in [0.15, 0.2) is 0 Å². The monoisotopic (exact) mass is 543 g/mol. The van der Waals surface area contributed by atoms with Crippen molar-refractivity contribution in [3.05, 3.63) is 77.9 Å². The second-order valence-electron chi connectivity index (χ2n) is 12.4. The van der Waals surface area contributed by atoms with Gasteiger partial charge < -0.3 is 10.1 Å². The first-order valence-corrected chi connectivity index (χ1v) is 15.7. The minimum absolute atomic E-state index is 0.0594. The third-order valence-electron chi connectivity index (χ3n) is 9.82. The second-order valence-corrected chi connectivity index (χ2v) is 12.4. The quantitative estimate of drug-likeness (QED) is 0.284. The number of likely N-dealkylation sites (tertiary alicyclic amines) is 2. The molecule has 1 saturated carbocycles. The summed E-state index contributed by atoms with van der Waals surface area (Å²) >= 11 is 0. The van der Waals surface area contributed by atoms with Crippen molar-refractivity contribution in [2.45, 2.75) is 114 Å². The molecular weight excluding hydrogens is 494 g/mol. The molecule has 1 aliphatic carbocycles. The van der Waals surface area contributed by atoms with E-state index in [-0.39, 0.29) is 11.9 Å². The zero-order chi connectivity index (χ0) is 28.1. The number of methoxy groups -OCH3 is 1. The van der Waals surface area contributed by atoms with E-state index in [0.717, 1.165) is 30.7 Å². The fraction of sp³-hybridized carbons (Fsp3) is 0.571. The smallest absolute Gasteiger partial charge is 0.251 e. The molecule has 0 radical (unpaired) electrons. The number of carbonyl (C=O) groups is 1. The minimum atomic E-state index is 0.0594. The molecule has 1 N–H and O–H groups in total. The molecule has 0 bridgehead atoms. The summed E-state index contributed by atoms with van der Waals surface area (Å²) in [5, 5.41) is 3.32. The first-order valence-electron chi connectivity index (χ1n) is 15.7. The molecule has 216 valence electrons. The largest absolute Gasteiger partial charge is 0.497 e. The number of nitrogens with one attached hydrogen (secondary N) is 1.